The minimum absolute atomic E-state index is 0.0181. The van der Waals surface area contributed by atoms with Gasteiger partial charge in [-0.1, -0.05) is 22.0 Å². The molecule has 0 spiro atoms. The lowest BCUT2D eigenvalue weighted by molar-refractivity contribution is 0.129. The maximum absolute atomic E-state index is 5.89. The molecule has 0 radical (unpaired) electrons. The van der Waals surface area contributed by atoms with Crippen LogP contribution in [0.4, 0.5) is 0 Å². The summed E-state index contributed by atoms with van der Waals surface area (Å²) in [6.07, 6.45) is 0. The molecule has 0 bridgehead atoms. The lowest BCUT2D eigenvalue weighted by atomic mass is 10.1. The van der Waals surface area contributed by atoms with Crippen molar-refractivity contribution < 1.29 is 4.74 Å². The molecule has 2 nitrogen and oxygen atoms in total. The summed E-state index contributed by atoms with van der Waals surface area (Å²) in [5.74, 6) is 0.854. The molecule has 84 valence electrons. The molecule has 0 fully saturated rings. The van der Waals surface area contributed by atoms with E-state index in [4.69, 9.17) is 10.5 Å². The van der Waals surface area contributed by atoms with Gasteiger partial charge in [0.1, 0.15) is 11.4 Å². The van der Waals surface area contributed by atoms with Gasteiger partial charge in [-0.15, -0.1) is 0 Å². The van der Waals surface area contributed by atoms with Crippen LogP contribution in [-0.4, -0.2) is 5.60 Å². The standard InChI is InChI=1S/C12H18BrNO/c1-8(14)10-6-5-9(13)7-11(10)15-12(2,3)4/h5-8H,14H2,1-4H3. The van der Waals surface area contributed by atoms with Crippen LogP contribution < -0.4 is 10.5 Å². The first-order valence-corrected chi connectivity index (χ1v) is 5.83. The average Bonchev–Trinajstić information content (AvgIpc) is 1.99. The molecular formula is C12H18BrNO. The number of ether oxygens (including phenoxy) is 1. The second-order valence-corrected chi connectivity index (χ2v) is 5.60. The summed E-state index contributed by atoms with van der Waals surface area (Å²) >= 11 is 3.43. The Kier molecular flexibility index (Phi) is 3.79. The van der Waals surface area contributed by atoms with Crippen molar-refractivity contribution in [2.24, 2.45) is 5.73 Å². The number of halogens is 1. The summed E-state index contributed by atoms with van der Waals surface area (Å²) in [7, 11) is 0. The predicted octanol–water partition coefficient (Wildman–Crippen LogP) is 3.65. The van der Waals surface area contributed by atoms with Gasteiger partial charge < -0.3 is 10.5 Å². The van der Waals surface area contributed by atoms with E-state index >= 15 is 0 Å². The van der Waals surface area contributed by atoms with Crippen molar-refractivity contribution in [3.05, 3.63) is 28.2 Å². The molecule has 15 heavy (non-hydrogen) atoms. The van der Waals surface area contributed by atoms with E-state index in [1.54, 1.807) is 0 Å². The Hall–Kier alpha value is -0.540. The van der Waals surface area contributed by atoms with Crippen LogP contribution >= 0.6 is 15.9 Å². The highest BCUT2D eigenvalue weighted by Gasteiger charge is 2.16. The van der Waals surface area contributed by atoms with Gasteiger partial charge in [0, 0.05) is 16.1 Å². The highest BCUT2D eigenvalue weighted by atomic mass is 79.9. The largest absolute Gasteiger partial charge is 0.488 e. The van der Waals surface area contributed by atoms with Gasteiger partial charge in [0.05, 0.1) is 0 Å². The zero-order valence-corrected chi connectivity index (χ0v) is 11.3. The third kappa shape index (κ3) is 3.84. The molecule has 2 N–H and O–H groups in total. The van der Waals surface area contributed by atoms with E-state index in [2.05, 4.69) is 15.9 Å². The van der Waals surface area contributed by atoms with Crippen LogP contribution in [0.3, 0.4) is 0 Å². The Morgan fingerprint density at radius 3 is 2.40 bits per heavy atom. The fourth-order valence-corrected chi connectivity index (χ4v) is 1.64. The number of nitrogens with two attached hydrogens (primary N) is 1. The first-order valence-electron chi connectivity index (χ1n) is 5.03. The number of rotatable bonds is 2. The minimum Gasteiger partial charge on any atom is -0.488 e. The smallest absolute Gasteiger partial charge is 0.125 e. The zero-order valence-electron chi connectivity index (χ0n) is 9.67. The van der Waals surface area contributed by atoms with E-state index in [9.17, 15) is 0 Å². The van der Waals surface area contributed by atoms with Gasteiger partial charge in [0.25, 0.3) is 0 Å². The monoisotopic (exact) mass is 271 g/mol. The van der Waals surface area contributed by atoms with E-state index in [1.165, 1.54) is 0 Å². The van der Waals surface area contributed by atoms with Crippen LogP contribution in [0.2, 0.25) is 0 Å². The van der Waals surface area contributed by atoms with Gasteiger partial charge in [0.15, 0.2) is 0 Å². The molecule has 1 atom stereocenters. The molecule has 1 aromatic carbocycles. The van der Waals surface area contributed by atoms with Crippen LogP contribution in [0.1, 0.15) is 39.3 Å². The maximum Gasteiger partial charge on any atom is 0.125 e. The summed E-state index contributed by atoms with van der Waals surface area (Å²) < 4.78 is 6.87. The minimum atomic E-state index is -0.204. The van der Waals surface area contributed by atoms with Gasteiger partial charge in [-0.05, 0) is 39.8 Å². The molecule has 0 amide bonds. The Bertz CT molecular complexity index is 342. The van der Waals surface area contributed by atoms with Gasteiger partial charge in [-0.25, -0.2) is 0 Å². The first kappa shape index (κ1) is 12.5. The third-order valence-corrected chi connectivity index (χ3v) is 2.38. The maximum atomic E-state index is 5.89. The Balaban J connectivity index is 3.08. The van der Waals surface area contributed by atoms with E-state index in [-0.39, 0.29) is 11.6 Å². The Morgan fingerprint density at radius 1 is 1.33 bits per heavy atom. The zero-order chi connectivity index (χ0) is 11.6. The molecule has 0 heterocycles. The average molecular weight is 272 g/mol. The van der Waals surface area contributed by atoms with Crippen LogP contribution in [-0.2, 0) is 0 Å². The lowest BCUT2D eigenvalue weighted by Crippen LogP contribution is -2.24. The third-order valence-electron chi connectivity index (χ3n) is 1.88. The molecule has 0 saturated heterocycles. The second kappa shape index (κ2) is 4.54. The highest BCUT2D eigenvalue weighted by molar-refractivity contribution is 9.10. The van der Waals surface area contributed by atoms with Gasteiger partial charge in [-0.2, -0.15) is 0 Å². The summed E-state index contributed by atoms with van der Waals surface area (Å²) in [6, 6.07) is 5.92. The fraction of sp³-hybridized carbons (Fsp3) is 0.500. The van der Waals surface area contributed by atoms with Crippen LogP contribution in [0.25, 0.3) is 0 Å². The summed E-state index contributed by atoms with van der Waals surface area (Å²) in [6.45, 7) is 8.04. The number of hydrogen-bond donors (Lipinski definition) is 1. The quantitative estimate of drug-likeness (QED) is 0.892. The lowest BCUT2D eigenvalue weighted by Gasteiger charge is -2.24. The highest BCUT2D eigenvalue weighted by Crippen LogP contribution is 2.30. The molecule has 3 heteroatoms. The van der Waals surface area contributed by atoms with Gasteiger partial charge in [0.2, 0.25) is 0 Å². The van der Waals surface area contributed by atoms with Crippen molar-refractivity contribution in [2.75, 3.05) is 0 Å². The summed E-state index contributed by atoms with van der Waals surface area (Å²) in [5.41, 5.74) is 6.72. The topological polar surface area (TPSA) is 35.2 Å². The van der Waals surface area contributed by atoms with E-state index in [0.717, 1.165) is 15.8 Å². The normalized spacial score (nSPS) is 13.7. The fourth-order valence-electron chi connectivity index (χ4n) is 1.30. The second-order valence-electron chi connectivity index (χ2n) is 4.69. The van der Waals surface area contributed by atoms with Crippen molar-refractivity contribution in [3.63, 3.8) is 0 Å². The molecule has 1 unspecified atom stereocenters. The summed E-state index contributed by atoms with van der Waals surface area (Å²) in [5, 5.41) is 0. The van der Waals surface area contributed by atoms with E-state index < -0.39 is 0 Å². The SMILES string of the molecule is CC(N)c1ccc(Br)cc1OC(C)(C)C. The predicted molar refractivity (Wildman–Crippen MR) is 67.1 cm³/mol. The van der Waals surface area contributed by atoms with Crippen LogP contribution in [0.15, 0.2) is 22.7 Å². The molecule has 0 aliphatic heterocycles. The van der Waals surface area contributed by atoms with Crippen molar-refractivity contribution in [3.8, 4) is 5.75 Å². The molecule has 1 rings (SSSR count). The summed E-state index contributed by atoms with van der Waals surface area (Å²) in [4.78, 5) is 0. The Labute approximate surface area is 99.9 Å². The van der Waals surface area contributed by atoms with Crippen molar-refractivity contribution in [1.82, 2.24) is 0 Å². The van der Waals surface area contributed by atoms with Crippen molar-refractivity contribution in [2.45, 2.75) is 39.3 Å². The molecular weight excluding hydrogens is 254 g/mol. The first-order chi connectivity index (χ1) is 6.79. The van der Waals surface area contributed by atoms with Crippen molar-refractivity contribution in [1.29, 1.82) is 0 Å². The molecule has 0 saturated carbocycles. The van der Waals surface area contributed by atoms with Crippen LogP contribution in [0, 0.1) is 0 Å². The number of hydrogen-bond acceptors (Lipinski definition) is 2. The van der Waals surface area contributed by atoms with E-state index in [1.807, 2.05) is 45.9 Å². The van der Waals surface area contributed by atoms with Crippen molar-refractivity contribution >= 4 is 15.9 Å². The Morgan fingerprint density at radius 2 is 1.93 bits per heavy atom. The molecule has 0 aromatic heterocycles. The van der Waals surface area contributed by atoms with Crippen LogP contribution in [0.5, 0.6) is 5.75 Å². The molecule has 0 aliphatic rings. The molecule has 0 aliphatic carbocycles. The van der Waals surface area contributed by atoms with Gasteiger partial charge >= 0.3 is 0 Å². The number of benzene rings is 1. The molecule has 1 aromatic rings. The van der Waals surface area contributed by atoms with E-state index in [0.29, 0.717) is 0 Å². The van der Waals surface area contributed by atoms with Gasteiger partial charge in [-0.3, -0.25) is 0 Å².